The first-order valence-electron chi connectivity index (χ1n) is 5.96. The van der Waals surface area contributed by atoms with Gasteiger partial charge in [0.15, 0.2) is 0 Å². The minimum atomic E-state index is 0.898. The highest BCUT2D eigenvalue weighted by atomic mass is 15.2. The van der Waals surface area contributed by atoms with Gasteiger partial charge in [-0.2, -0.15) is 0 Å². The molecule has 3 heteroatoms. The molecule has 1 heterocycles. The van der Waals surface area contributed by atoms with Crippen LogP contribution in [0.4, 0.5) is 11.4 Å². The topological polar surface area (TPSA) is 32.5 Å². The normalized spacial score (nSPS) is 18.5. The van der Waals surface area contributed by atoms with Crippen LogP contribution in [0.3, 0.4) is 0 Å². The first-order chi connectivity index (χ1) is 7.66. The largest absolute Gasteiger partial charge is 0.397 e. The Bertz CT molecular complexity index is 362. The van der Waals surface area contributed by atoms with Gasteiger partial charge in [0.2, 0.25) is 0 Å². The molecule has 0 saturated carbocycles. The van der Waals surface area contributed by atoms with E-state index in [9.17, 15) is 0 Å². The molecule has 0 aromatic heterocycles. The quantitative estimate of drug-likeness (QED) is 0.730. The molecule has 3 nitrogen and oxygen atoms in total. The minimum Gasteiger partial charge on any atom is -0.397 e. The van der Waals surface area contributed by atoms with Crippen molar-refractivity contribution in [1.82, 2.24) is 4.90 Å². The molecule has 0 aliphatic carbocycles. The van der Waals surface area contributed by atoms with Gasteiger partial charge in [0.05, 0.1) is 11.4 Å². The van der Waals surface area contributed by atoms with Crippen molar-refractivity contribution in [2.75, 3.05) is 43.9 Å². The molecule has 0 bridgehead atoms. The summed E-state index contributed by atoms with van der Waals surface area (Å²) in [6.45, 7) is 6.60. The summed E-state index contributed by atoms with van der Waals surface area (Å²) in [6, 6.07) is 6.28. The number of nitrogens with zero attached hydrogens (tertiary/aromatic N) is 2. The highest BCUT2D eigenvalue weighted by Crippen LogP contribution is 2.25. The molecule has 0 radical (unpaired) electrons. The number of nitrogen functional groups attached to an aromatic ring is 1. The fraction of sp³-hybridized carbons (Fsp3) is 0.538. The van der Waals surface area contributed by atoms with E-state index in [1.807, 2.05) is 6.07 Å². The maximum Gasteiger partial charge on any atom is 0.0603 e. The zero-order chi connectivity index (χ0) is 11.5. The predicted molar refractivity (Wildman–Crippen MR) is 69.9 cm³/mol. The van der Waals surface area contributed by atoms with Gasteiger partial charge in [-0.05, 0) is 44.6 Å². The molecule has 1 aliphatic heterocycles. The summed E-state index contributed by atoms with van der Waals surface area (Å²) < 4.78 is 0. The van der Waals surface area contributed by atoms with Crippen molar-refractivity contribution in [3.63, 3.8) is 0 Å². The number of hydrogen-bond donors (Lipinski definition) is 1. The third kappa shape index (κ3) is 2.47. The average molecular weight is 219 g/mol. The SMILES string of the molecule is Cc1ccc(N)c(N2CCCN(C)CC2)c1. The third-order valence-corrected chi connectivity index (χ3v) is 3.25. The Morgan fingerprint density at radius 3 is 2.75 bits per heavy atom. The second-order valence-electron chi connectivity index (χ2n) is 4.71. The summed E-state index contributed by atoms with van der Waals surface area (Å²) in [5, 5.41) is 0. The Morgan fingerprint density at radius 2 is 1.94 bits per heavy atom. The molecule has 2 rings (SSSR count). The summed E-state index contributed by atoms with van der Waals surface area (Å²) in [6.07, 6.45) is 1.21. The number of benzene rings is 1. The van der Waals surface area contributed by atoms with Gasteiger partial charge in [-0.3, -0.25) is 0 Å². The van der Waals surface area contributed by atoms with Gasteiger partial charge in [-0.25, -0.2) is 0 Å². The molecule has 0 spiro atoms. The molecule has 1 aliphatic rings. The van der Waals surface area contributed by atoms with Crippen LogP contribution in [-0.2, 0) is 0 Å². The molecule has 0 amide bonds. The summed E-state index contributed by atoms with van der Waals surface area (Å²) in [5.41, 5.74) is 9.43. The second kappa shape index (κ2) is 4.74. The summed E-state index contributed by atoms with van der Waals surface area (Å²) in [7, 11) is 2.18. The van der Waals surface area contributed by atoms with Gasteiger partial charge in [0, 0.05) is 19.6 Å². The van der Waals surface area contributed by atoms with Crippen molar-refractivity contribution in [3.8, 4) is 0 Å². The standard InChI is InChI=1S/C13H21N3/c1-11-4-5-12(14)13(10-11)16-7-3-6-15(2)8-9-16/h4-5,10H,3,6-9,14H2,1-2H3. The second-order valence-corrected chi connectivity index (χ2v) is 4.71. The van der Waals surface area contributed by atoms with E-state index in [0.29, 0.717) is 0 Å². The smallest absolute Gasteiger partial charge is 0.0603 e. The van der Waals surface area contributed by atoms with Gasteiger partial charge in [-0.15, -0.1) is 0 Å². The molecule has 1 fully saturated rings. The zero-order valence-corrected chi connectivity index (χ0v) is 10.2. The van der Waals surface area contributed by atoms with Gasteiger partial charge >= 0.3 is 0 Å². The first kappa shape index (κ1) is 11.3. The van der Waals surface area contributed by atoms with E-state index in [2.05, 4.69) is 35.9 Å². The van der Waals surface area contributed by atoms with Crippen LogP contribution in [0.2, 0.25) is 0 Å². The zero-order valence-electron chi connectivity index (χ0n) is 10.2. The third-order valence-electron chi connectivity index (χ3n) is 3.25. The number of rotatable bonds is 1. The molecular weight excluding hydrogens is 198 g/mol. The van der Waals surface area contributed by atoms with Crippen molar-refractivity contribution in [2.45, 2.75) is 13.3 Å². The maximum atomic E-state index is 6.05. The van der Waals surface area contributed by atoms with Crippen LogP contribution in [0, 0.1) is 6.92 Å². The van der Waals surface area contributed by atoms with E-state index in [-0.39, 0.29) is 0 Å². The lowest BCUT2D eigenvalue weighted by atomic mass is 10.1. The molecule has 1 aromatic carbocycles. The van der Waals surface area contributed by atoms with Gasteiger partial charge < -0.3 is 15.5 Å². The van der Waals surface area contributed by atoms with E-state index in [0.717, 1.165) is 25.3 Å². The minimum absolute atomic E-state index is 0.898. The number of likely N-dealkylation sites (N-methyl/N-ethyl adjacent to an activating group) is 1. The molecular formula is C13H21N3. The lowest BCUT2D eigenvalue weighted by Gasteiger charge is -2.24. The summed E-state index contributed by atoms with van der Waals surface area (Å²) >= 11 is 0. The molecule has 2 N–H and O–H groups in total. The number of anilines is 2. The van der Waals surface area contributed by atoms with Crippen LogP contribution in [0.1, 0.15) is 12.0 Å². The molecule has 16 heavy (non-hydrogen) atoms. The fourth-order valence-electron chi connectivity index (χ4n) is 2.21. The van der Waals surface area contributed by atoms with E-state index < -0.39 is 0 Å². The molecule has 1 saturated heterocycles. The molecule has 1 aromatic rings. The summed E-state index contributed by atoms with van der Waals surface area (Å²) in [5.74, 6) is 0. The van der Waals surface area contributed by atoms with E-state index in [4.69, 9.17) is 5.73 Å². The average Bonchev–Trinajstić information content (AvgIpc) is 2.47. The lowest BCUT2D eigenvalue weighted by Crippen LogP contribution is -2.29. The Labute approximate surface area is 97.8 Å². The monoisotopic (exact) mass is 219 g/mol. The Hall–Kier alpha value is -1.22. The first-order valence-corrected chi connectivity index (χ1v) is 5.96. The van der Waals surface area contributed by atoms with Crippen LogP contribution in [0.5, 0.6) is 0 Å². The molecule has 88 valence electrons. The number of aryl methyl sites for hydroxylation is 1. The highest BCUT2D eigenvalue weighted by molar-refractivity contribution is 5.68. The van der Waals surface area contributed by atoms with Crippen LogP contribution < -0.4 is 10.6 Å². The van der Waals surface area contributed by atoms with Crippen molar-refractivity contribution < 1.29 is 0 Å². The Balaban J connectivity index is 2.19. The van der Waals surface area contributed by atoms with Gasteiger partial charge in [0.25, 0.3) is 0 Å². The van der Waals surface area contributed by atoms with Gasteiger partial charge in [-0.1, -0.05) is 6.07 Å². The van der Waals surface area contributed by atoms with Crippen molar-refractivity contribution in [3.05, 3.63) is 23.8 Å². The number of hydrogen-bond acceptors (Lipinski definition) is 3. The number of nitrogens with two attached hydrogens (primary N) is 1. The van der Waals surface area contributed by atoms with Gasteiger partial charge in [0.1, 0.15) is 0 Å². The summed E-state index contributed by atoms with van der Waals surface area (Å²) in [4.78, 5) is 4.79. The van der Waals surface area contributed by atoms with Crippen LogP contribution in [-0.4, -0.2) is 38.1 Å². The van der Waals surface area contributed by atoms with Crippen molar-refractivity contribution in [2.24, 2.45) is 0 Å². The van der Waals surface area contributed by atoms with Crippen LogP contribution >= 0.6 is 0 Å². The van der Waals surface area contributed by atoms with E-state index in [1.54, 1.807) is 0 Å². The Morgan fingerprint density at radius 1 is 1.12 bits per heavy atom. The van der Waals surface area contributed by atoms with Crippen LogP contribution in [0.25, 0.3) is 0 Å². The Kier molecular flexibility index (Phi) is 3.34. The maximum absolute atomic E-state index is 6.05. The highest BCUT2D eigenvalue weighted by Gasteiger charge is 2.14. The predicted octanol–water partition coefficient (Wildman–Crippen LogP) is 1.72. The van der Waals surface area contributed by atoms with E-state index in [1.165, 1.54) is 24.2 Å². The van der Waals surface area contributed by atoms with E-state index >= 15 is 0 Å². The fourth-order valence-corrected chi connectivity index (χ4v) is 2.21. The lowest BCUT2D eigenvalue weighted by molar-refractivity contribution is 0.360. The molecule has 0 atom stereocenters. The van der Waals surface area contributed by atoms with Crippen molar-refractivity contribution >= 4 is 11.4 Å². The molecule has 0 unspecified atom stereocenters. The van der Waals surface area contributed by atoms with Crippen LogP contribution in [0.15, 0.2) is 18.2 Å². The van der Waals surface area contributed by atoms with Crippen molar-refractivity contribution in [1.29, 1.82) is 0 Å².